The monoisotopic (exact) mass is 575 g/mol. The molecule has 6 atom stereocenters. The van der Waals surface area contributed by atoms with Crippen molar-refractivity contribution in [1.82, 2.24) is 9.55 Å². The number of nitrogens with zero attached hydrogens (tertiary/aromatic N) is 4. The smallest absolute Gasteiger partial charge is 0.387 e. The van der Waals surface area contributed by atoms with Gasteiger partial charge in [0, 0.05) is 11.1 Å². The van der Waals surface area contributed by atoms with E-state index in [9.17, 15) is 33.2 Å². The zero-order valence-corrected chi connectivity index (χ0v) is 19.7. The Morgan fingerprint density at radius 1 is 1.24 bits per heavy atom. The number of aliphatic hydroxyl groups excluding tert-OH is 2. The number of aliphatic hydroxyl groups is 2. The number of hydrogen-bond donors (Lipinski definition) is 7. The number of hydrogen-bond acceptors (Lipinski definition) is 12. The third kappa shape index (κ3) is 7.03. The van der Waals surface area contributed by atoms with Gasteiger partial charge in [0.1, 0.15) is 16.8 Å². The summed E-state index contributed by atoms with van der Waals surface area (Å²) >= 11 is 9.57. The molecule has 2 heterocycles. The number of H-pyrrole nitrogens is 1. The number of azide groups is 1. The molecule has 2 rings (SSSR count). The van der Waals surface area contributed by atoms with Gasteiger partial charge in [-0.2, -0.15) is 8.62 Å². The van der Waals surface area contributed by atoms with Crippen molar-refractivity contribution in [3.8, 4) is 0 Å². The second-order valence-electron chi connectivity index (χ2n) is 5.99. The van der Waals surface area contributed by atoms with Gasteiger partial charge in [-0.3, -0.25) is 9.09 Å². The van der Waals surface area contributed by atoms with E-state index in [1.165, 1.54) is 0 Å². The molecule has 186 valence electrons. The Morgan fingerprint density at radius 3 is 2.39 bits per heavy atom. The molecule has 0 aromatic carbocycles. The average molecular weight is 575 g/mol. The molecule has 1 aliphatic rings. The minimum Gasteiger partial charge on any atom is -0.387 e. The Hall–Kier alpha value is -0.950. The SMILES string of the molecule is [N-]=[N+]=N[C@]1(COP(=O)(O)OP(=O)(O)OP(=O)(O)O)O[C@@H](n2cc(F)c(=S)[nH]c2=S)[C@@H](O)C1O. The van der Waals surface area contributed by atoms with Crippen LogP contribution in [-0.2, 0) is 31.6 Å². The zero-order chi connectivity index (χ0) is 25.4. The van der Waals surface area contributed by atoms with Crippen molar-refractivity contribution < 1.29 is 65.8 Å². The van der Waals surface area contributed by atoms with Crippen LogP contribution in [0.15, 0.2) is 11.3 Å². The molecule has 0 saturated carbocycles. The number of ether oxygens (including phenoxy) is 1. The Morgan fingerprint density at radius 2 is 1.85 bits per heavy atom. The van der Waals surface area contributed by atoms with Crippen molar-refractivity contribution >= 4 is 47.9 Å². The highest BCUT2D eigenvalue weighted by atomic mass is 32.1. The van der Waals surface area contributed by atoms with Crippen LogP contribution in [0.4, 0.5) is 4.39 Å². The van der Waals surface area contributed by atoms with Crippen LogP contribution in [0.5, 0.6) is 0 Å². The van der Waals surface area contributed by atoms with Crippen molar-refractivity contribution in [3.05, 3.63) is 31.9 Å². The maximum Gasteiger partial charge on any atom is 0.490 e. The van der Waals surface area contributed by atoms with Crippen LogP contribution in [0.3, 0.4) is 0 Å². The van der Waals surface area contributed by atoms with Crippen LogP contribution in [-0.4, -0.2) is 63.9 Å². The van der Waals surface area contributed by atoms with Crippen LogP contribution < -0.4 is 0 Å². The fourth-order valence-electron chi connectivity index (χ4n) is 2.43. The Balaban J connectivity index is 2.32. The van der Waals surface area contributed by atoms with E-state index in [4.69, 9.17) is 37.2 Å². The third-order valence-corrected chi connectivity index (χ3v) is 8.06. The van der Waals surface area contributed by atoms with Gasteiger partial charge < -0.3 is 39.5 Å². The van der Waals surface area contributed by atoms with E-state index in [2.05, 4.69) is 40.4 Å². The lowest BCUT2D eigenvalue weighted by Crippen LogP contribution is -2.44. The predicted molar refractivity (Wildman–Crippen MR) is 104 cm³/mol. The first-order valence-electron chi connectivity index (χ1n) is 7.81. The molecule has 1 aliphatic heterocycles. The van der Waals surface area contributed by atoms with Crippen molar-refractivity contribution in [2.75, 3.05) is 6.61 Å². The lowest BCUT2D eigenvalue weighted by atomic mass is 10.1. The highest BCUT2D eigenvalue weighted by molar-refractivity contribution is 7.72. The van der Waals surface area contributed by atoms with Gasteiger partial charge in [0.25, 0.3) is 0 Å². The van der Waals surface area contributed by atoms with Gasteiger partial charge in [-0.1, -0.05) is 17.3 Å². The Labute approximate surface area is 191 Å². The molecule has 1 aromatic rings. The van der Waals surface area contributed by atoms with Crippen LogP contribution >= 0.6 is 47.9 Å². The van der Waals surface area contributed by atoms with Gasteiger partial charge in [0.05, 0.1) is 6.61 Å². The van der Waals surface area contributed by atoms with E-state index >= 15 is 0 Å². The van der Waals surface area contributed by atoms with E-state index < -0.39 is 64.7 Å². The highest BCUT2D eigenvalue weighted by Gasteiger charge is 2.56. The van der Waals surface area contributed by atoms with Gasteiger partial charge in [0.2, 0.25) is 5.72 Å². The van der Waals surface area contributed by atoms with Crippen LogP contribution in [0.2, 0.25) is 0 Å². The first kappa shape index (κ1) is 28.3. The number of phosphoric ester groups is 1. The van der Waals surface area contributed by atoms with Gasteiger partial charge in [-0.25, -0.2) is 18.1 Å². The molecule has 0 spiro atoms. The molecule has 0 amide bonds. The first-order chi connectivity index (χ1) is 14.9. The third-order valence-electron chi connectivity index (χ3n) is 3.67. The average Bonchev–Trinajstić information content (AvgIpc) is 2.86. The summed E-state index contributed by atoms with van der Waals surface area (Å²) in [4.78, 5) is 40.3. The molecule has 7 N–H and O–H groups in total. The highest BCUT2D eigenvalue weighted by Crippen LogP contribution is 2.66. The lowest BCUT2D eigenvalue weighted by molar-refractivity contribution is -0.122. The van der Waals surface area contributed by atoms with Crippen molar-refractivity contribution in [3.63, 3.8) is 0 Å². The molecule has 1 saturated heterocycles. The summed E-state index contributed by atoms with van der Waals surface area (Å²) in [5.74, 6) is -1.03. The molecular weight excluding hydrogens is 562 g/mol. The molecule has 0 radical (unpaired) electrons. The minimum absolute atomic E-state index is 0.317. The van der Waals surface area contributed by atoms with Crippen molar-refractivity contribution in [1.29, 1.82) is 0 Å². The number of phosphoric acid groups is 3. The van der Waals surface area contributed by atoms with Crippen LogP contribution in [0, 0.1) is 15.2 Å². The van der Waals surface area contributed by atoms with Gasteiger partial charge in [-0.15, -0.1) is 0 Å². The Bertz CT molecular complexity index is 1230. The number of nitrogens with one attached hydrogen (secondary N) is 1. The van der Waals surface area contributed by atoms with Crippen molar-refractivity contribution in [2.24, 2.45) is 5.11 Å². The molecule has 33 heavy (non-hydrogen) atoms. The van der Waals surface area contributed by atoms with E-state index in [-0.39, 0.29) is 4.77 Å². The lowest BCUT2D eigenvalue weighted by Gasteiger charge is -2.27. The molecule has 0 aliphatic carbocycles. The van der Waals surface area contributed by atoms with Gasteiger partial charge in [0.15, 0.2) is 16.8 Å². The van der Waals surface area contributed by atoms with Crippen LogP contribution in [0.25, 0.3) is 10.4 Å². The summed E-state index contributed by atoms with van der Waals surface area (Å²) in [6, 6.07) is 0. The maximum absolute atomic E-state index is 13.8. The summed E-state index contributed by atoms with van der Waals surface area (Å²) in [6.07, 6.45) is -5.34. The number of rotatable bonds is 9. The molecule has 1 fully saturated rings. The first-order valence-corrected chi connectivity index (χ1v) is 13.2. The summed E-state index contributed by atoms with van der Waals surface area (Å²) in [5.41, 5.74) is 6.08. The second-order valence-corrected chi connectivity index (χ2v) is 11.2. The molecular formula is C9H13FN5O13P3S2. The van der Waals surface area contributed by atoms with E-state index in [1.54, 1.807) is 0 Å². The summed E-state index contributed by atoms with van der Waals surface area (Å²) in [7, 11) is -17.2. The summed E-state index contributed by atoms with van der Waals surface area (Å²) < 4.78 is 64.4. The molecule has 24 heteroatoms. The topological polar surface area (TPSA) is 279 Å². The fourth-order valence-corrected chi connectivity index (χ4v) is 5.94. The fraction of sp³-hybridized carbons (Fsp3) is 0.556. The maximum atomic E-state index is 13.8. The van der Waals surface area contributed by atoms with Crippen molar-refractivity contribution in [2.45, 2.75) is 24.2 Å². The number of aromatic nitrogens is 2. The number of halogens is 1. The summed E-state index contributed by atoms with van der Waals surface area (Å²) in [6.45, 7) is -1.45. The normalized spacial score (nSPS) is 29.1. The molecule has 3 unspecified atom stereocenters. The van der Waals surface area contributed by atoms with Gasteiger partial charge in [-0.05, 0) is 17.7 Å². The molecule has 0 bridgehead atoms. The second kappa shape index (κ2) is 9.96. The van der Waals surface area contributed by atoms with E-state index in [0.29, 0.717) is 6.20 Å². The number of aromatic amines is 1. The summed E-state index contributed by atoms with van der Waals surface area (Å²) in [5, 5.41) is 23.7. The predicted octanol–water partition coefficient (Wildman–Crippen LogP) is 1.01. The van der Waals surface area contributed by atoms with E-state index in [0.717, 1.165) is 4.57 Å². The standard InChI is InChI=1S/C9H13FN5O13P3S2/c10-3-1-15(8(33)12-6(3)32)7-4(16)5(17)9(26-7,13-14-11)2-25-30(21,22)28-31(23,24)27-29(18,19)20/h1,4-5,7,16-17H,2H2,(H,21,22)(H,23,24)(H,12,32,33)(H2,18,19,20)/t4-,5?,7+,9+/m0/s1. The molecule has 18 nitrogen and oxygen atoms in total. The quantitative estimate of drug-likeness (QED) is 0.0711. The van der Waals surface area contributed by atoms with Gasteiger partial charge >= 0.3 is 23.5 Å². The van der Waals surface area contributed by atoms with E-state index in [1.807, 2.05) is 0 Å². The molecule has 1 aromatic heterocycles. The zero-order valence-electron chi connectivity index (χ0n) is 15.4. The Kier molecular flexibility index (Phi) is 8.54. The van der Waals surface area contributed by atoms with Crippen LogP contribution in [0.1, 0.15) is 6.23 Å². The largest absolute Gasteiger partial charge is 0.490 e. The minimum atomic E-state index is -5.87.